The second-order valence-electron chi connectivity index (χ2n) is 11.1. The molecule has 0 saturated carbocycles. The van der Waals surface area contributed by atoms with Crippen molar-refractivity contribution in [2.45, 2.75) is 26.7 Å². The Balaban J connectivity index is 1.40. The maximum atomic E-state index is 12.7. The van der Waals surface area contributed by atoms with Crippen molar-refractivity contribution < 1.29 is 14.3 Å². The molecule has 10 heteroatoms. The van der Waals surface area contributed by atoms with Crippen LogP contribution >= 0.6 is 0 Å². The first-order valence-corrected chi connectivity index (χ1v) is 14.9. The van der Waals surface area contributed by atoms with Gasteiger partial charge in [-0.2, -0.15) is 0 Å². The number of fused-ring (bicyclic) bond motifs is 1. The number of hydrogen-bond acceptors (Lipinski definition) is 9. The molecule has 0 spiro atoms. The van der Waals surface area contributed by atoms with Crippen molar-refractivity contribution in [3.63, 3.8) is 0 Å². The quantitative estimate of drug-likeness (QED) is 0.261. The Morgan fingerprint density at radius 2 is 1.67 bits per heavy atom. The fourth-order valence-electron chi connectivity index (χ4n) is 5.25. The maximum absolute atomic E-state index is 12.7. The highest BCUT2D eigenvalue weighted by Gasteiger charge is 2.23. The third-order valence-corrected chi connectivity index (χ3v) is 8.15. The standard InChI is InChI=1S/C33H41N7O3/c1-5-23(2)16-33(41)39-13-10-38(11-14-39)12-15-40(26-17-27(42-3)20-28(18-26)43-4)25-7-8-29-30(19-25)37-31(22-35-29)24-6-9-32(34)36-21-24/h6-9,17-23H,5,10-16H2,1-4H3,(H2,34,36). The molecule has 1 aliphatic rings. The normalized spacial score (nSPS) is 14.5. The molecule has 1 fully saturated rings. The summed E-state index contributed by atoms with van der Waals surface area (Å²) in [6.45, 7) is 9.05. The highest BCUT2D eigenvalue weighted by Crippen LogP contribution is 2.34. The van der Waals surface area contributed by atoms with Gasteiger partial charge >= 0.3 is 0 Å². The number of rotatable bonds is 11. The highest BCUT2D eigenvalue weighted by molar-refractivity contribution is 5.83. The van der Waals surface area contributed by atoms with E-state index in [9.17, 15) is 4.79 Å². The van der Waals surface area contributed by atoms with Crippen LogP contribution in [0.25, 0.3) is 22.3 Å². The molecule has 1 atom stereocenters. The Labute approximate surface area is 253 Å². The van der Waals surface area contributed by atoms with E-state index >= 15 is 0 Å². The van der Waals surface area contributed by atoms with Gasteiger partial charge in [0, 0.05) is 87.0 Å². The molecule has 3 heterocycles. The van der Waals surface area contributed by atoms with Crippen molar-refractivity contribution >= 4 is 34.1 Å². The molecule has 10 nitrogen and oxygen atoms in total. The number of nitrogens with zero attached hydrogens (tertiary/aromatic N) is 6. The Hall–Kier alpha value is -4.44. The van der Waals surface area contributed by atoms with Gasteiger partial charge < -0.3 is 25.0 Å². The van der Waals surface area contributed by atoms with Gasteiger partial charge in [-0.25, -0.2) is 9.97 Å². The lowest BCUT2D eigenvalue weighted by Crippen LogP contribution is -2.50. The third kappa shape index (κ3) is 7.32. The van der Waals surface area contributed by atoms with Gasteiger partial charge in [-0.3, -0.25) is 14.7 Å². The average Bonchev–Trinajstić information content (AvgIpc) is 3.04. The van der Waals surface area contributed by atoms with Gasteiger partial charge in [-0.1, -0.05) is 20.3 Å². The first-order valence-electron chi connectivity index (χ1n) is 14.9. The van der Waals surface area contributed by atoms with E-state index in [2.05, 4.69) is 45.7 Å². The molecule has 1 amide bonds. The Morgan fingerprint density at radius 1 is 0.930 bits per heavy atom. The lowest BCUT2D eigenvalue weighted by molar-refractivity contribution is -0.133. The van der Waals surface area contributed by atoms with Crippen LogP contribution in [-0.2, 0) is 4.79 Å². The van der Waals surface area contributed by atoms with E-state index in [1.165, 1.54) is 0 Å². The minimum absolute atomic E-state index is 0.269. The zero-order valence-electron chi connectivity index (χ0n) is 25.5. The first kappa shape index (κ1) is 30.0. The van der Waals surface area contributed by atoms with Gasteiger partial charge in [-0.05, 0) is 36.2 Å². The van der Waals surface area contributed by atoms with Gasteiger partial charge in [-0.15, -0.1) is 0 Å². The number of aromatic nitrogens is 3. The summed E-state index contributed by atoms with van der Waals surface area (Å²) < 4.78 is 11.2. The number of nitrogen functional groups attached to an aromatic ring is 1. The highest BCUT2D eigenvalue weighted by atomic mass is 16.5. The molecule has 0 aliphatic carbocycles. The van der Waals surface area contributed by atoms with Gasteiger partial charge in [0.25, 0.3) is 0 Å². The minimum Gasteiger partial charge on any atom is -0.497 e. The van der Waals surface area contributed by atoms with Gasteiger partial charge in [0.05, 0.1) is 37.1 Å². The van der Waals surface area contributed by atoms with E-state index in [4.69, 9.17) is 20.2 Å². The molecule has 4 aromatic rings. The summed E-state index contributed by atoms with van der Waals surface area (Å²) in [5.74, 6) is 2.58. The van der Waals surface area contributed by atoms with Gasteiger partial charge in [0.1, 0.15) is 17.3 Å². The Kier molecular flexibility index (Phi) is 9.56. The number of methoxy groups -OCH3 is 2. The van der Waals surface area contributed by atoms with E-state index < -0.39 is 0 Å². The molecule has 0 bridgehead atoms. The molecule has 1 unspecified atom stereocenters. The minimum atomic E-state index is 0.269. The number of anilines is 3. The molecule has 2 N–H and O–H groups in total. The van der Waals surface area contributed by atoms with E-state index in [0.717, 1.165) is 79.4 Å². The van der Waals surface area contributed by atoms with Gasteiger partial charge in [0.2, 0.25) is 5.91 Å². The van der Waals surface area contributed by atoms with E-state index in [1.807, 2.05) is 35.2 Å². The molecule has 226 valence electrons. The smallest absolute Gasteiger partial charge is 0.222 e. The molecule has 5 rings (SSSR count). The van der Waals surface area contributed by atoms with Crippen LogP contribution in [0.2, 0.25) is 0 Å². The molecule has 2 aromatic heterocycles. The predicted molar refractivity (Wildman–Crippen MR) is 171 cm³/mol. The zero-order valence-corrected chi connectivity index (χ0v) is 25.5. The second kappa shape index (κ2) is 13.7. The summed E-state index contributed by atoms with van der Waals surface area (Å²) in [6, 6.07) is 15.7. The van der Waals surface area contributed by atoms with Crippen molar-refractivity contribution in [3.8, 4) is 22.8 Å². The summed E-state index contributed by atoms with van der Waals surface area (Å²) in [4.78, 5) is 33.2. The predicted octanol–water partition coefficient (Wildman–Crippen LogP) is 5.01. The number of hydrogen-bond donors (Lipinski definition) is 1. The Morgan fingerprint density at radius 3 is 2.33 bits per heavy atom. The monoisotopic (exact) mass is 583 g/mol. The summed E-state index contributed by atoms with van der Waals surface area (Å²) in [7, 11) is 3.31. The fraction of sp³-hybridized carbons (Fsp3) is 0.394. The molecular weight excluding hydrogens is 542 g/mol. The second-order valence-corrected chi connectivity index (χ2v) is 11.1. The van der Waals surface area contributed by atoms with Crippen LogP contribution < -0.4 is 20.1 Å². The number of pyridine rings is 1. The largest absolute Gasteiger partial charge is 0.497 e. The molecule has 1 saturated heterocycles. The van der Waals surface area contributed by atoms with E-state index in [0.29, 0.717) is 29.7 Å². The molecular formula is C33H41N7O3. The number of ether oxygens (including phenoxy) is 2. The maximum Gasteiger partial charge on any atom is 0.222 e. The fourth-order valence-corrected chi connectivity index (χ4v) is 5.25. The van der Waals surface area contributed by atoms with E-state index in [-0.39, 0.29) is 5.91 Å². The number of piperazine rings is 1. The number of benzene rings is 2. The van der Waals surface area contributed by atoms with Crippen LogP contribution in [0.4, 0.5) is 17.2 Å². The molecule has 0 radical (unpaired) electrons. The van der Waals surface area contributed by atoms with Gasteiger partial charge in [0.15, 0.2) is 0 Å². The summed E-state index contributed by atoms with van der Waals surface area (Å²) in [5, 5.41) is 0. The van der Waals surface area contributed by atoms with Crippen LogP contribution in [0, 0.1) is 5.92 Å². The lowest BCUT2D eigenvalue weighted by Gasteiger charge is -2.36. The van der Waals surface area contributed by atoms with E-state index in [1.54, 1.807) is 32.7 Å². The molecule has 2 aromatic carbocycles. The van der Waals surface area contributed by atoms with Crippen molar-refractivity contribution in [2.24, 2.45) is 5.92 Å². The number of carbonyl (C=O) groups is 1. The van der Waals surface area contributed by atoms with Crippen LogP contribution in [-0.4, -0.2) is 84.1 Å². The van der Waals surface area contributed by atoms with Crippen molar-refractivity contribution in [2.75, 3.05) is 64.1 Å². The number of nitrogens with two attached hydrogens (primary N) is 1. The van der Waals surface area contributed by atoms with Crippen molar-refractivity contribution in [3.05, 3.63) is 60.9 Å². The average molecular weight is 584 g/mol. The summed E-state index contributed by atoms with van der Waals surface area (Å²) >= 11 is 0. The van der Waals surface area contributed by atoms with Crippen LogP contribution in [0.3, 0.4) is 0 Å². The topological polar surface area (TPSA) is 110 Å². The lowest BCUT2D eigenvalue weighted by atomic mass is 10.0. The van der Waals surface area contributed by atoms with Crippen molar-refractivity contribution in [1.29, 1.82) is 0 Å². The number of amides is 1. The molecule has 1 aliphatic heterocycles. The SMILES string of the molecule is CCC(C)CC(=O)N1CCN(CCN(c2cc(OC)cc(OC)c2)c2ccc3ncc(-c4ccc(N)nc4)nc3c2)CC1. The zero-order chi connectivity index (χ0) is 30.3. The Bertz CT molecular complexity index is 1520. The first-order chi connectivity index (χ1) is 20.9. The van der Waals surface area contributed by atoms with Crippen molar-refractivity contribution in [1.82, 2.24) is 24.8 Å². The third-order valence-electron chi connectivity index (χ3n) is 8.15. The van der Waals surface area contributed by atoms with Crippen LogP contribution in [0.15, 0.2) is 60.9 Å². The van der Waals surface area contributed by atoms with Crippen LogP contribution in [0.1, 0.15) is 26.7 Å². The summed E-state index contributed by atoms with van der Waals surface area (Å²) in [5.41, 5.74) is 10.9. The van der Waals surface area contributed by atoms with Crippen LogP contribution in [0.5, 0.6) is 11.5 Å². The summed E-state index contributed by atoms with van der Waals surface area (Å²) in [6.07, 6.45) is 5.12. The molecule has 43 heavy (non-hydrogen) atoms. The number of carbonyl (C=O) groups excluding carboxylic acids is 1.